The predicted octanol–water partition coefficient (Wildman–Crippen LogP) is 6.17. The van der Waals surface area contributed by atoms with Crippen molar-refractivity contribution >= 4 is 17.6 Å². The number of benzene rings is 2. The second-order valence-electron chi connectivity index (χ2n) is 8.88. The van der Waals surface area contributed by atoms with E-state index >= 15 is 8.78 Å². The van der Waals surface area contributed by atoms with Crippen LogP contribution in [0.4, 0.5) is 13.2 Å². The maximum Gasteiger partial charge on any atom is 0.328 e. The third-order valence-corrected chi connectivity index (χ3v) is 6.46. The van der Waals surface area contributed by atoms with E-state index < -0.39 is 29.3 Å². The maximum atomic E-state index is 15.3. The van der Waals surface area contributed by atoms with Crippen LogP contribution in [0.3, 0.4) is 0 Å². The van der Waals surface area contributed by atoms with Gasteiger partial charge in [-0.1, -0.05) is 30.3 Å². The quantitative estimate of drug-likeness (QED) is 0.545. The smallest absolute Gasteiger partial charge is 0.328 e. The lowest BCUT2D eigenvalue weighted by Gasteiger charge is -2.43. The van der Waals surface area contributed by atoms with Crippen LogP contribution in [0.5, 0.6) is 0 Å². The van der Waals surface area contributed by atoms with Crippen LogP contribution in [0, 0.1) is 11.6 Å². The molecule has 1 aliphatic heterocycles. The summed E-state index contributed by atoms with van der Waals surface area (Å²) < 4.78 is 45.4. The van der Waals surface area contributed by atoms with Crippen molar-refractivity contribution < 1.29 is 23.1 Å². The Morgan fingerprint density at radius 3 is 2.38 bits per heavy atom. The van der Waals surface area contributed by atoms with E-state index in [9.17, 15) is 9.18 Å². The molecule has 2 unspecified atom stereocenters. The van der Waals surface area contributed by atoms with Gasteiger partial charge in [-0.3, -0.25) is 4.90 Å². The third-order valence-electron chi connectivity index (χ3n) is 6.46. The fourth-order valence-corrected chi connectivity index (χ4v) is 4.61. The molecule has 1 saturated carbocycles. The van der Waals surface area contributed by atoms with Crippen LogP contribution in [-0.2, 0) is 4.79 Å². The van der Waals surface area contributed by atoms with Crippen LogP contribution in [0.2, 0.25) is 0 Å². The molecule has 6 heteroatoms. The van der Waals surface area contributed by atoms with Gasteiger partial charge in [0.1, 0.15) is 17.3 Å². The number of hydrogen-bond donors (Lipinski definition) is 1. The first-order valence-corrected chi connectivity index (χ1v) is 10.8. The Labute approximate surface area is 185 Å². The second-order valence-corrected chi connectivity index (χ2v) is 8.88. The van der Waals surface area contributed by atoms with Crippen molar-refractivity contribution in [3.63, 3.8) is 0 Å². The zero-order valence-corrected chi connectivity index (χ0v) is 18.1. The molecule has 0 radical (unpaired) electrons. The number of halogens is 3. The Morgan fingerprint density at radius 1 is 1.19 bits per heavy atom. The number of carboxylic acid groups (broad SMARTS) is 1. The van der Waals surface area contributed by atoms with Crippen LogP contribution in [0.25, 0.3) is 11.6 Å². The Hall–Kier alpha value is -2.86. The van der Waals surface area contributed by atoms with Gasteiger partial charge < -0.3 is 5.11 Å². The molecule has 1 heterocycles. The summed E-state index contributed by atoms with van der Waals surface area (Å²) in [5.74, 6) is -2.74. The first-order valence-electron chi connectivity index (χ1n) is 10.8. The minimum atomic E-state index is -1.31. The number of alkyl halides is 1. The summed E-state index contributed by atoms with van der Waals surface area (Å²) in [4.78, 5) is 12.6. The summed E-state index contributed by atoms with van der Waals surface area (Å²) in [6, 6.07) is 11.1. The van der Waals surface area contributed by atoms with Crippen LogP contribution >= 0.6 is 0 Å². The molecule has 1 fully saturated rings. The highest BCUT2D eigenvalue weighted by Gasteiger charge is 2.48. The first-order chi connectivity index (χ1) is 15.2. The van der Waals surface area contributed by atoms with Gasteiger partial charge in [-0.15, -0.1) is 0 Å². The molecule has 0 amide bonds. The highest BCUT2D eigenvalue weighted by molar-refractivity contribution is 5.85. The predicted molar refractivity (Wildman–Crippen MR) is 119 cm³/mol. The lowest BCUT2D eigenvalue weighted by molar-refractivity contribution is -0.131. The summed E-state index contributed by atoms with van der Waals surface area (Å²) in [5, 5.41) is 8.80. The molecule has 2 aromatic rings. The molecule has 1 N–H and O–H groups in total. The van der Waals surface area contributed by atoms with Crippen LogP contribution in [0.15, 0.2) is 54.1 Å². The number of carbonyl (C=O) groups is 1. The highest BCUT2D eigenvalue weighted by Crippen LogP contribution is 2.48. The SMILES string of the molecule is CC1=C(c2ccccc2)CC(C)N(CC2(F)CC2)C1c1c(F)cc(/C=C/C(=O)O)cc1F. The molecule has 168 valence electrons. The Bertz CT molecular complexity index is 1070. The number of hydrogen-bond acceptors (Lipinski definition) is 2. The van der Waals surface area contributed by atoms with E-state index in [0.29, 0.717) is 19.3 Å². The number of rotatable bonds is 6. The summed E-state index contributed by atoms with van der Waals surface area (Å²) in [7, 11) is 0. The zero-order valence-electron chi connectivity index (χ0n) is 18.1. The Balaban J connectivity index is 1.84. The van der Waals surface area contributed by atoms with E-state index in [0.717, 1.165) is 41.0 Å². The number of carboxylic acids is 1. The molecule has 0 saturated heterocycles. The molecule has 0 aromatic heterocycles. The monoisotopic (exact) mass is 441 g/mol. The molecule has 0 spiro atoms. The zero-order chi connectivity index (χ0) is 23.0. The van der Waals surface area contributed by atoms with Gasteiger partial charge in [0.05, 0.1) is 6.04 Å². The molecular weight excluding hydrogens is 415 g/mol. The molecule has 2 aromatic carbocycles. The molecule has 4 rings (SSSR count). The van der Waals surface area contributed by atoms with Gasteiger partial charge in [-0.25, -0.2) is 18.0 Å². The van der Waals surface area contributed by atoms with Gasteiger partial charge >= 0.3 is 5.97 Å². The van der Waals surface area contributed by atoms with Gasteiger partial charge in [0.2, 0.25) is 0 Å². The van der Waals surface area contributed by atoms with Crippen molar-refractivity contribution in [3.8, 4) is 0 Å². The molecule has 1 aliphatic carbocycles. The molecular formula is C26H26F3NO2. The lowest BCUT2D eigenvalue weighted by atomic mass is 9.82. The summed E-state index contributed by atoms with van der Waals surface area (Å²) >= 11 is 0. The van der Waals surface area contributed by atoms with Crippen molar-refractivity contribution in [1.82, 2.24) is 4.90 Å². The fourth-order valence-electron chi connectivity index (χ4n) is 4.61. The van der Waals surface area contributed by atoms with E-state index in [1.807, 2.05) is 49.1 Å². The average Bonchev–Trinajstić information content (AvgIpc) is 3.48. The minimum absolute atomic E-state index is 0.113. The molecule has 2 aliphatic rings. The van der Waals surface area contributed by atoms with E-state index in [1.54, 1.807) is 0 Å². The van der Waals surface area contributed by atoms with Crippen molar-refractivity contribution in [2.45, 2.75) is 50.9 Å². The lowest BCUT2D eigenvalue weighted by Crippen LogP contribution is -2.45. The van der Waals surface area contributed by atoms with Crippen LogP contribution in [-0.4, -0.2) is 34.2 Å². The van der Waals surface area contributed by atoms with Crippen molar-refractivity contribution in [2.24, 2.45) is 0 Å². The van der Waals surface area contributed by atoms with E-state index in [2.05, 4.69) is 0 Å². The topological polar surface area (TPSA) is 40.5 Å². The molecule has 3 nitrogen and oxygen atoms in total. The van der Waals surface area contributed by atoms with Gasteiger partial charge in [-0.05, 0) is 73.6 Å². The van der Waals surface area contributed by atoms with E-state index in [1.165, 1.54) is 0 Å². The molecule has 32 heavy (non-hydrogen) atoms. The Morgan fingerprint density at radius 2 is 1.81 bits per heavy atom. The standard InChI is InChI=1S/C26H26F3NO2/c1-16-12-20(19-6-4-3-5-7-19)17(2)25(30(16)15-26(29)10-11-26)24-21(27)13-18(14-22(24)28)8-9-23(31)32/h3-9,13-14,16,25H,10-12,15H2,1-2H3,(H,31,32)/b9-8+. The number of nitrogens with zero attached hydrogens (tertiary/aromatic N) is 1. The van der Waals surface area contributed by atoms with Gasteiger partial charge in [-0.2, -0.15) is 0 Å². The van der Waals surface area contributed by atoms with Gasteiger partial charge in [0, 0.05) is 24.2 Å². The average molecular weight is 441 g/mol. The summed E-state index contributed by atoms with van der Waals surface area (Å²) in [6.07, 6.45) is 3.56. The minimum Gasteiger partial charge on any atom is -0.478 e. The van der Waals surface area contributed by atoms with E-state index in [-0.39, 0.29) is 23.7 Å². The Kier molecular flexibility index (Phi) is 5.99. The molecule has 2 atom stereocenters. The van der Waals surface area contributed by atoms with Crippen molar-refractivity contribution in [2.75, 3.05) is 6.54 Å². The van der Waals surface area contributed by atoms with Crippen LogP contribution < -0.4 is 0 Å². The largest absolute Gasteiger partial charge is 0.478 e. The van der Waals surface area contributed by atoms with Gasteiger partial charge in [0.15, 0.2) is 0 Å². The maximum absolute atomic E-state index is 15.3. The normalized spacial score (nSPS) is 23.0. The summed E-state index contributed by atoms with van der Waals surface area (Å²) in [5.41, 5.74) is 1.48. The van der Waals surface area contributed by atoms with Crippen molar-refractivity contribution in [1.29, 1.82) is 0 Å². The second kappa shape index (κ2) is 8.58. The highest BCUT2D eigenvalue weighted by atomic mass is 19.1. The van der Waals surface area contributed by atoms with Gasteiger partial charge in [0.25, 0.3) is 0 Å². The van der Waals surface area contributed by atoms with E-state index in [4.69, 9.17) is 5.11 Å². The van der Waals surface area contributed by atoms with Crippen LogP contribution in [0.1, 0.15) is 55.8 Å². The van der Waals surface area contributed by atoms with Crippen molar-refractivity contribution in [3.05, 3.63) is 82.4 Å². The molecule has 0 bridgehead atoms. The summed E-state index contributed by atoms with van der Waals surface area (Å²) in [6.45, 7) is 3.95. The third kappa shape index (κ3) is 4.51. The fraction of sp³-hybridized carbons (Fsp3) is 0.346. The number of aliphatic carboxylic acids is 1. The first kappa shape index (κ1) is 22.3.